The first-order valence-electron chi connectivity index (χ1n) is 7.58. The second kappa shape index (κ2) is 6.85. The number of hydrogen-bond acceptors (Lipinski definition) is 5. The molecule has 2 rings (SSSR count). The van der Waals surface area contributed by atoms with Gasteiger partial charge in [-0.15, -0.1) is 0 Å². The number of anilines is 1. The van der Waals surface area contributed by atoms with Gasteiger partial charge in [-0.3, -0.25) is 4.79 Å². The molecule has 0 unspecified atom stereocenters. The number of amides is 1. The number of nitrogens with zero attached hydrogens (tertiary/aromatic N) is 2. The zero-order valence-corrected chi connectivity index (χ0v) is 12.7. The Morgan fingerprint density at radius 1 is 1.29 bits per heavy atom. The Kier molecular flexibility index (Phi) is 5.12. The van der Waals surface area contributed by atoms with E-state index in [0.29, 0.717) is 11.5 Å². The van der Waals surface area contributed by atoms with Gasteiger partial charge in [0.25, 0.3) is 5.91 Å². The topological polar surface area (TPSA) is 87.1 Å². The lowest BCUT2D eigenvalue weighted by molar-refractivity contribution is 0.00525. The van der Waals surface area contributed by atoms with Crippen LogP contribution in [0.5, 0.6) is 0 Å². The van der Waals surface area contributed by atoms with E-state index in [2.05, 4.69) is 20.6 Å². The van der Waals surface area contributed by atoms with E-state index in [4.69, 9.17) is 0 Å². The monoisotopic (exact) mass is 292 g/mol. The van der Waals surface area contributed by atoms with Crippen LogP contribution in [0, 0.1) is 0 Å². The highest BCUT2D eigenvalue weighted by Crippen LogP contribution is 2.27. The Hall–Kier alpha value is -1.69. The van der Waals surface area contributed by atoms with Crippen LogP contribution < -0.4 is 10.6 Å². The van der Waals surface area contributed by atoms with Gasteiger partial charge in [0, 0.05) is 25.0 Å². The predicted molar refractivity (Wildman–Crippen MR) is 81.2 cm³/mol. The fraction of sp³-hybridized carbons (Fsp3) is 0.667. The van der Waals surface area contributed by atoms with Crippen molar-refractivity contribution in [3.05, 3.63) is 18.0 Å². The Balaban J connectivity index is 1.88. The summed E-state index contributed by atoms with van der Waals surface area (Å²) in [5.74, 6) is 0.262. The van der Waals surface area contributed by atoms with Gasteiger partial charge in [0.15, 0.2) is 0 Å². The van der Waals surface area contributed by atoms with Crippen LogP contribution in [0.4, 0.5) is 5.95 Å². The van der Waals surface area contributed by atoms with E-state index in [0.717, 1.165) is 32.1 Å². The summed E-state index contributed by atoms with van der Waals surface area (Å²) >= 11 is 0. The highest BCUT2D eigenvalue weighted by Gasteiger charge is 2.29. The van der Waals surface area contributed by atoms with Crippen molar-refractivity contribution in [2.45, 2.75) is 57.6 Å². The van der Waals surface area contributed by atoms with Crippen LogP contribution in [0.1, 0.15) is 56.3 Å². The summed E-state index contributed by atoms with van der Waals surface area (Å²) in [4.78, 5) is 20.3. The maximum absolute atomic E-state index is 12.0. The van der Waals surface area contributed by atoms with Crippen LogP contribution in [-0.4, -0.2) is 39.2 Å². The number of nitrogens with one attached hydrogen (secondary N) is 2. The molecule has 0 radical (unpaired) electrons. The summed E-state index contributed by atoms with van der Waals surface area (Å²) in [6, 6.07) is 0.241. The van der Waals surface area contributed by atoms with Crippen molar-refractivity contribution in [2.24, 2.45) is 0 Å². The first kappa shape index (κ1) is 15.7. The molecule has 116 valence electrons. The number of hydrogen-bond donors (Lipinski definition) is 3. The van der Waals surface area contributed by atoms with Gasteiger partial charge in [0.05, 0.1) is 11.2 Å². The van der Waals surface area contributed by atoms with Gasteiger partial charge < -0.3 is 15.7 Å². The number of carbonyl (C=O) groups is 1. The molecule has 1 aromatic heterocycles. The van der Waals surface area contributed by atoms with Crippen molar-refractivity contribution >= 4 is 11.9 Å². The molecule has 0 atom stereocenters. The third kappa shape index (κ3) is 4.67. The number of carbonyl (C=O) groups excluding carboxylic acids is 1. The molecule has 1 aromatic rings. The largest absolute Gasteiger partial charge is 0.388 e. The van der Waals surface area contributed by atoms with Gasteiger partial charge in [-0.2, -0.15) is 0 Å². The third-order valence-electron chi connectivity index (χ3n) is 3.69. The minimum absolute atomic E-state index is 0.241. The van der Waals surface area contributed by atoms with E-state index in [1.54, 1.807) is 0 Å². The Labute approximate surface area is 125 Å². The summed E-state index contributed by atoms with van der Waals surface area (Å²) in [5.41, 5.74) is -0.350. The van der Waals surface area contributed by atoms with Gasteiger partial charge in [-0.05, 0) is 26.7 Å². The average Bonchev–Trinajstić information content (AvgIpc) is 2.46. The molecule has 0 aromatic carbocycles. The number of aromatic nitrogens is 2. The molecule has 3 N–H and O–H groups in total. The Bertz CT molecular complexity index is 467. The molecule has 0 saturated heterocycles. The van der Waals surface area contributed by atoms with E-state index in [1.807, 2.05) is 13.8 Å². The number of rotatable bonds is 5. The first-order valence-corrected chi connectivity index (χ1v) is 7.58. The third-order valence-corrected chi connectivity index (χ3v) is 3.69. The molecule has 6 nitrogen and oxygen atoms in total. The molecule has 6 heteroatoms. The SMILES string of the molecule is CC(C)Nc1ncc(C(=O)NCC2(O)CCCCC2)cn1. The van der Waals surface area contributed by atoms with E-state index in [-0.39, 0.29) is 18.5 Å². The standard InChI is InChI=1S/C15H24N4O2/c1-11(2)19-14-16-8-12(9-17-14)13(20)18-10-15(21)6-4-3-5-7-15/h8-9,11,21H,3-7,10H2,1-2H3,(H,18,20)(H,16,17,19). The normalized spacial score (nSPS) is 17.5. The molecule has 0 aliphatic heterocycles. The van der Waals surface area contributed by atoms with Gasteiger partial charge in [-0.25, -0.2) is 9.97 Å². The lowest BCUT2D eigenvalue weighted by atomic mass is 9.85. The summed E-state index contributed by atoms with van der Waals surface area (Å²) in [6.07, 6.45) is 7.70. The van der Waals surface area contributed by atoms with Crippen molar-refractivity contribution in [3.8, 4) is 0 Å². The van der Waals surface area contributed by atoms with Crippen LogP contribution in [-0.2, 0) is 0 Å². The minimum atomic E-state index is -0.756. The lowest BCUT2D eigenvalue weighted by Crippen LogP contribution is -2.44. The molecule has 21 heavy (non-hydrogen) atoms. The van der Waals surface area contributed by atoms with Crippen molar-refractivity contribution in [1.29, 1.82) is 0 Å². The fourth-order valence-electron chi connectivity index (χ4n) is 2.51. The fourth-order valence-corrected chi connectivity index (χ4v) is 2.51. The molecule has 1 saturated carbocycles. The molecule has 0 spiro atoms. The molecular formula is C15H24N4O2. The summed E-state index contributed by atoms with van der Waals surface area (Å²) in [7, 11) is 0. The highest BCUT2D eigenvalue weighted by atomic mass is 16.3. The second-order valence-corrected chi connectivity index (χ2v) is 6.06. The van der Waals surface area contributed by atoms with Gasteiger partial charge in [0.1, 0.15) is 0 Å². The van der Waals surface area contributed by atoms with Gasteiger partial charge >= 0.3 is 0 Å². The highest BCUT2D eigenvalue weighted by molar-refractivity contribution is 5.93. The summed E-state index contributed by atoms with van der Waals surface area (Å²) in [5, 5.41) is 16.2. The zero-order chi connectivity index (χ0) is 15.3. The van der Waals surface area contributed by atoms with Crippen LogP contribution in [0.2, 0.25) is 0 Å². The summed E-state index contributed by atoms with van der Waals surface area (Å²) < 4.78 is 0. The minimum Gasteiger partial charge on any atom is -0.388 e. The van der Waals surface area contributed by atoms with Crippen LogP contribution in [0.25, 0.3) is 0 Å². The zero-order valence-electron chi connectivity index (χ0n) is 12.7. The summed E-state index contributed by atoms with van der Waals surface area (Å²) in [6.45, 7) is 4.28. The van der Waals surface area contributed by atoms with Crippen molar-refractivity contribution in [3.63, 3.8) is 0 Å². The van der Waals surface area contributed by atoms with E-state index < -0.39 is 5.60 Å². The molecular weight excluding hydrogens is 268 g/mol. The van der Waals surface area contributed by atoms with Crippen LogP contribution in [0.3, 0.4) is 0 Å². The molecule has 1 aliphatic rings. The van der Waals surface area contributed by atoms with E-state index in [1.165, 1.54) is 12.4 Å². The molecule has 1 amide bonds. The quantitative estimate of drug-likeness (QED) is 0.769. The van der Waals surface area contributed by atoms with Gasteiger partial charge in [0.2, 0.25) is 5.95 Å². The smallest absolute Gasteiger partial charge is 0.254 e. The van der Waals surface area contributed by atoms with Crippen molar-refractivity contribution < 1.29 is 9.90 Å². The van der Waals surface area contributed by atoms with Crippen molar-refractivity contribution in [1.82, 2.24) is 15.3 Å². The van der Waals surface area contributed by atoms with Gasteiger partial charge in [-0.1, -0.05) is 19.3 Å². The Morgan fingerprint density at radius 2 is 1.90 bits per heavy atom. The van der Waals surface area contributed by atoms with Crippen LogP contribution >= 0.6 is 0 Å². The molecule has 1 heterocycles. The maximum atomic E-state index is 12.0. The molecule has 1 aliphatic carbocycles. The van der Waals surface area contributed by atoms with Crippen LogP contribution in [0.15, 0.2) is 12.4 Å². The average molecular weight is 292 g/mol. The van der Waals surface area contributed by atoms with Crippen molar-refractivity contribution in [2.75, 3.05) is 11.9 Å². The lowest BCUT2D eigenvalue weighted by Gasteiger charge is -2.32. The number of aliphatic hydroxyl groups is 1. The van der Waals surface area contributed by atoms with E-state index in [9.17, 15) is 9.90 Å². The molecule has 1 fully saturated rings. The second-order valence-electron chi connectivity index (χ2n) is 6.06. The predicted octanol–water partition coefficient (Wildman–Crippen LogP) is 1.72. The Morgan fingerprint density at radius 3 is 2.48 bits per heavy atom. The maximum Gasteiger partial charge on any atom is 0.254 e. The molecule has 0 bridgehead atoms. The first-order chi connectivity index (χ1) is 9.98. The van der Waals surface area contributed by atoms with E-state index >= 15 is 0 Å².